The van der Waals surface area contributed by atoms with Crippen LogP contribution in [0, 0.1) is 6.92 Å². The first-order chi connectivity index (χ1) is 11.8. The quantitative estimate of drug-likeness (QED) is 0.445. The van der Waals surface area contributed by atoms with Crippen LogP contribution in [0.5, 0.6) is 11.5 Å². The normalized spacial score (nSPS) is 11.6. The predicted molar refractivity (Wildman–Crippen MR) is 109 cm³/mol. The summed E-state index contributed by atoms with van der Waals surface area (Å²) in [5, 5.41) is 0. The molecule has 2 rings (SSSR count). The lowest BCUT2D eigenvalue weighted by atomic mass is 9.83. The molecule has 0 unspecified atom stereocenters. The highest BCUT2D eigenvalue weighted by molar-refractivity contribution is 5.49. The molecule has 0 aliphatic heterocycles. The molecule has 2 nitrogen and oxygen atoms in total. The molecule has 0 atom stereocenters. The predicted octanol–water partition coefficient (Wildman–Crippen LogP) is 6.79. The third-order valence-corrected chi connectivity index (χ3v) is 4.65. The Kier molecular flexibility index (Phi) is 6.52. The molecule has 0 spiro atoms. The van der Waals surface area contributed by atoms with E-state index in [-0.39, 0.29) is 5.41 Å². The fraction of sp³-hybridized carbons (Fsp3) is 0.478. The molecule has 2 aromatic carbocycles. The van der Waals surface area contributed by atoms with Gasteiger partial charge in [-0.3, -0.25) is 0 Å². The van der Waals surface area contributed by atoms with Crippen LogP contribution >= 0.6 is 0 Å². The maximum Gasteiger partial charge on any atom is 0.131 e. The number of rotatable bonds is 7. The topological polar surface area (TPSA) is 35.2 Å². The van der Waals surface area contributed by atoms with Crippen LogP contribution in [0.2, 0.25) is 0 Å². The van der Waals surface area contributed by atoms with Crippen LogP contribution in [-0.2, 0) is 11.8 Å². The Morgan fingerprint density at radius 3 is 2.24 bits per heavy atom. The molecule has 0 heterocycles. The van der Waals surface area contributed by atoms with E-state index in [0.29, 0.717) is 0 Å². The van der Waals surface area contributed by atoms with Crippen molar-refractivity contribution in [2.75, 3.05) is 5.73 Å². The molecule has 2 N–H and O–H groups in total. The van der Waals surface area contributed by atoms with E-state index >= 15 is 0 Å². The molecule has 2 aromatic rings. The minimum atomic E-state index is 0.0367. The Morgan fingerprint density at radius 2 is 1.64 bits per heavy atom. The fourth-order valence-corrected chi connectivity index (χ4v) is 3.07. The summed E-state index contributed by atoms with van der Waals surface area (Å²) in [6, 6.07) is 12.2. The fourth-order valence-electron chi connectivity index (χ4n) is 3.07. The van der Waals surface area contributed by atoms with Gasteiger partial charge in [0.1, 0.15) is 11.5 Å². The SMILES string of the molecule is CCCCCCc1cc(C(C)(C)C)c(Oc2ccc(N)cc2)cc1C. The van der Waals surface area contributed by atoms with E-state index in [4.69, 9.17) is 10.5 Å². The maximum absolute atomic E-state index is 6.21. The average Bonchev–Trinajstić information content (AvgIpc) is 2.54. The average molecular weight is 340 g/mol. The smallest absolute Gasteiger partial charge is 0.131 e. The second-order valence-corrected chi connectivity index (χ2v) is 8.01. The van der Waals surface area contributed by atoms with Gasteiger partial charge in [-0.2, -0.15) is 0 Å². The zero-order valence-electron chi connectivity index (χ0n) is 16.5. The summed E-state index contributed by atoms with van der Waals surface area (Å²) in [6.45, 7) is 11.2. The number of hydrogen-bond donors (Lipinski definition) is 1. The zero-order valence-corrected chi connectivity index (χ0v) is 16.5. The van der Waals surface area contributed by atoms with Crippen molar-refractivity contribution in [3.63, 3.8) is 0 Å². The number of benzene rings is 2. The van der Waals surface area contributed by atoms with E-state index in [1.807, 2.05) is 24.3 Å². The Morgan fingerprint density at radius 1 is 0.960 bits per heavy atom. The third kappa shape index (κ3) is 5.52. The first-order valence-corrected chi connectivity index (χ1v) is 9.48. The van der Waals surface area contributed by atoms with Gasteiger partial charge in [-0.25, -0.2) is 0 Å². The largest absolute Gasteiger partial charge is 0.457 e. The Labute approximate surface area is 153 Å². The highest BCUT2D eigenvalue weighted by atomic mass is 16.5. The first-order valence-electron chi connectivity index (χ1n) is 9.48. The number of nitrogen functional groups attached to an aromatic ring is 1. The van der Waals surface area contributed by atoms with Gasteiger partial charge in [0.2, 0.25) is 0 Å². The van der Waals surface area contributed by atoms with Gasteiger partial charge in [0.05, 0.1) is 0 Å². The van der Waals surface area contributed by atoms with Gasteiger partial charge >= 0.3 is 0 Å². The molecule has 2 heteroatoms. The minimum absolute atomic E-state index is 0.0367. The number of aryl methyl sites for hydroxylation is 2. The van der Waals surface area contributed by atoms with Crippen molar-refractivity contribution >= 4 is 5.69 Å². The number of anilines is 1. The van der Waals surface area contributed by atoms with Gasteiger partial charge in [-0.15, -0.1) is 0 Å². The molecule has 0 aliphatic rings. The zero-order chi connectivity index (χ0) is 18.4. The lowest BCUT2D eigenvalue weighted by Gasteiger charge is -2.25. The monoisotopic (exact) mass is 339 g/mol. The molecule has 0 radical (unpaired) electrons. The molecule has 136 valence electrons. The van der Waals surface area contributed by atoms with Crippen LogP contribution in [0.15, 0.2) is 36.4 Å². The van der Waals surface area contributed by atoms with Gasteiger partial charge < -0.3 is 10.5 Å². The van der Waals surface area contributed by atoms with Crippen molar-refractivity contribution in [3.8, 4) is 11.5 Å². The van der Waals surface area contributed by atoms with Crippen molar-refractivity contribution in [2.45, 2.75) is 72.1 Å². The van der Waals surface area contributed by atoms with Crippen LogP contribution in [0.25, 0.3) is 0 Å². The number of hydrogen-bond acceptors (Lipinski definition) is 2. The molecule has 0 aromatic heterocycles. The molecule has 0 saturated carbocycles. The Balaban J connectivity index is 2.28. The van der Waals surface area contributed by atoms with E-state index in [2.05, 4.69) is 46.8 Å². The van der Waals surface area contributed by atoms with Crippen molar-refractivity contribution < 1.29 is 4.74 Å². The standard InChI is InChI=1S/C23H33NO/c1-6-7-8-9-10-18-16-21(23(3,4)5)22(15-17(18)2)25-20-13-11-19(24)12-14-20/h11-16H,6-10,24H2,1-5H3. The van der Waals surface area contributed by atoms with Gasteiger partial charge in [0.25, 0.3) is 0 Å². The van der Waals surface area contributed by atoms with E-state index in [1.54, 1.807) is 0 Å². The highest BCUT2D eigenvalue weighted by Crippen LogP contribution is 2.37. The summed E-state index contributed by atoms with van der Waals surface area (Å²) in [5.74, 6) is 1.78. The van der Waals surface area contributed by atoms with Crippen molar-refractivity contribution in [1.29, 1.82) is 0 Å². The summed E-state index contributed by atoms with van der Waals surface area (Å²) in [7, 11) is 0. The lowest BCUT2D eigenvalue weighted by molar-refractivity contribution is 0.454. The third-order valence-electron chi connectivity index (χ3n) is 4.65. The second-order valence-electron chi connectivity index (χ2n) is 8.01. The minimum Gasteiger partial charge on any atom is -0.457 e. The van der Waals surface area contributed by atoms with Crippen molar-refractivity contribution in [1.82, 2.24) is 0 Å². The first kappa shape index (κ1) is 19.4. The van der Waals surface area contributed by atoms with E-state index < -0.39 is 0 Å². The van der Waals surface area contributed by atoms with E-state index in [9.17, 15) is 0 Å². The highest BCUT2D eigenvalue weighted by Gasteiger charge is 2.21. The Bertz CT molecular complexity index is 680. The summed E-state index contributed by atoms with van der Waals surface area (Å²) in [5.41, 5.74) is 10.6. The summed E-state index contributed by atoms with van der Waals surface area (Å²) < 4.78 is 6.21. The van der Waals surface area contributed by atoms with Gasteiger partial charge in [0.15, 0.2) is 0 Å². The molecule has 0 aliphatic carbocycles. The van der Waals surface area contributed by atoms with Crippen molar-refractivity contribution in [3.05, 3.63) is 53.1 Å². The van der Waals surface area contributed by atoms with Crippen LogP contribution in [-0.4, -0.2) is 0 Å². The molecule has 25 heavy (non-hydrogen) atoms. The number of ether oxygens (including phenoxy) is 1. The maximum atomic E-state index is 6.21. The van der Waals surface area contributed by atoms with E-state index in [1.165, 1.54) is 42.4 Å². The van der Waals surface area contributed by atoms with Crippen LogP contribution < -0.4 is 10.5 Å². The Hall–Kier alpha value is -1.96. The van der Waals surface area contributed by atoms with Gasteiger partial charge in [-0.1, -0.05) is 53.0 Å². The van der Waals surface area contributed by atoms with Crippen LogP contribution in [0.1, 0.15) is 70.1 Å². The number of nitrogens with two attached hydrogens (primary N) is 1. The van der Waals surface area contributed by atoms with Crippen molar-refractivity contribution in [2.24, 2.45) is 0 Å². The van der Waals surface area contributed by atoms with Gasteiger partial charge in [0, 0.05) is 11.3 Å². The molecule has 0 bridgehead atoms. The van der Waals surface area contributed by atoms with Crippen LogP contribution in [0.4, 0.5) is 5.69 Å². The molecule has 0 saturated heterocycles. The van der Waals surface area contributed by atoms with Gasteiger partial charge in [-0.05, 0) is 66.6 Å². The lowest BCUT2D eigenvalue weighted by Crippen LogP contribution is -2.14. The summed E-state index contributed by atoms with van der Waals surface area (Å²) >= 11 is 0. The van der Waals surface area contributed by atoms with E-state index in [0.717, 1.165) is 23.6 Å². The molecular weight excluding hydrogens is 306 g/mol. The molecular formula is C23H33NO. The summed E-state index contributed by atoms with van der Waals surface area (Å²) in [4.78, 5) is 0. The number of unbranched alkanes of at least 4 members (excludes halogenated alkanes) is 3. The molecule has 0 fully saturated rings. The molecule has 0 amide bonds. The second kappa shape index (κ2) is 8.42. The summed E-state index contributed by atoms with van der Waals surface area (Å²) in [6.07, 6.45) is 6.32. The van der Waals surface area contributed by atoms with Crippen LogP contribution in [0.3, 0.4) is 0 Å².